The summed E-state index contributed by atoms with van der Waals surface area (Å²) in [7, 11) is 0. The molecule has 3 unspecified atom stereocenters. The van der Waals surface area contributed by atoms with Gasteiger partial charge in [-0.05, 0) is 63.1 Å². The number of carbonyl (C=O) groups excluding carboxylic acids is 8. The Balaban J connectivity index is 2.10. The minimum absolute atomic E-state index is 0.0156. The number of phenolic OH excluding ortho intramolecular Hbond substituents is 2. The van der Waals surface area contributed by atoms with Gasteiger partial charge in [0.1, 0.15) is 47.4 Å². The second-order valence-electron chi connectivity index (χ2n) is 14.0. The molecule has 2 aliphatic rings. The van der Waals surface area contributed by atoms with Crippen molar-refractivity contribution in [1.82, 2.24) is 0 Å². The summed E-state index contributed by atoms with van der Waals surface area (Å²) < 4.78 is 20.9. The summed E-state index contributed by atoms with van der Waals surface area (Å²) in [5, 5.41) is 63.4. The number of ketones is 4. The fourth-order valence-electron chi connectivity index (χ4n) is 8.20. The van der Waals surface area contributed by atoms with Gasteiger partial charge in [0.25, 0.3) is 0 Å². The summed E-state index contributed by atoms with van der Waals surface area (Å²) in [6.07, 6.45) is -7.53. The molecular weight excluding hydrogens is 780 g/mol. The van der Waals surface area contributed by atoms with Gasteiger partial charge in [-0.15, -0.1) is 0 Å². The number of esters is 4. The Labute approximate surface area is 338 Å². The number of hydrogen-bond donors (Lipinski definition) is 6. The number of benzene rings is 2. The van der Waals surface area contributed by atoms with Gasteiger partial charge in [0.05, 0.1) is 51.0 Å². The first-order valence-electron chi connectivity index (χ1n) is 19.1. The number of hydrogen-bond acceptors (Lipinski definition) is 18. The molecule has 0 spiro atoms. The van der Waals surface area contributed by atoms with Crippen LogP contribution in [0.3, 0.4) is 0 Å². The zero-order chi connectivity index (χ0) is 43.9. The van der Waals surface area contributed by atoms with Gasteiger partial charge in [-0.1, -0.05) is 24.3 Å². The molecule has 0 bridgehead atoms. The van der Waals surface area contributed by atoms with Crippen LogP contribution < -0.4 is 0 Å². The Morgan fingerprint density at radius 1 is 0.508 bits per heavy atom. The minimum atomic E-state index is -2.72. The summed E-state index contributed by atoms with van der Waals surface area (Å²) in [5.41, 5.74) is -0.0311. The molecule has 0 aromatic heterocycles. The number of rotatable bonds is 16. The Kier molecular flexibility index (Phi) is 15.6. The molecule has 0 amide bonds. The molecule has 2 aliphatic carbocycles. The van der Waals surface area contributed by atoms with Gasteiger partial charge in [0, 0.05) is 17.8 Å². The van der Waals surface area contributed by atoms with Crippen LogP contribution in [-0.4, -0.2) is 129 Å². The monoisotopic (exact) mass is 828 g/mol. The van der Waals surface area contributed by atoms with Crippen LogP contribution in [0.5, 0.6) is 11.5 Å². The fourth-order valence-corrected chi connectivity index (χ4v) is 8.20. The SMILES string of the molecule is CCOC(=O)[C@@H]1C(=O)C(C(C2C(=O)[C@H](C(=O)OCC)C(c3ccc(O)cc3)[C@@H](C(=O)OCC)C2=O)[C@H](O)[C@H](O)[C@H](O)CO)C(=O)[C@H](C(=O)OCC)C1c1ccc(O)cc1. The Bertz CT molecular complexity index is 1690. The van der Waals surface area contributed by atoms with Crippen LogP contribution in [0.1, 0.15) is 50.7 Å². The van der Waals surface area contributed by atoms with Gasteiger partial charge in [-0.2, -0.15) is 0 Å². The Morgan fingerprint density at radius 2 is 0.780 bits per heavy atom. The molecule has 18 nitrogen and oxygen atoms in total. The number of ether oxygens (including phenoxy) is 4. The molecular formula is C41H48O18. The van der Waals surface area contributed by atoms with Crippen molar-refractivity contribution in [1.29, 1.82) is 0 Å². The highest BCUT2D eigenvalue weighted by atomic mass is 16.5. The number of aliphatic hydroxyl groups is 4. The van der Waals surface area contributed by atoms with E-state index in [2.05, 4.69) is 0 Å². The number of phenols is 2. The highest BCUT2D eigenvalue weighted by Crippen LogP contribution is 2.51. The van der Waals surface area contributed by atoms with Crippen LogP contribution in [0.2, 0.25) is 0 Å². The zero-order valence-electron chi connectivity index (χ0n) is 32.7. The van der Waals surface area contributed by atoms with Crippen molar-refractivity contribution >= 4 is 47.0 Å². The summed E-state index contributed by atoms with van der Waals surface area (Å²) in [6, 6.07) is 9.47. The van der Waals surface area contributed by atoms with E-state index in [1.54, 1.807) is 0 Å². The third-order valence-corrected chi connectivity index (χ3v) is 10.7. The highest BCUT2D eigenvalue weighted by molar-refractivity contribution is 6.22. The lowest BCUT2D eigenvalue weighted by Gasteiger charge is -2.46. The molecule has 320 valence electrons. The molecule has 18 heteroatoms. The quantitative estimate of drug-likeness (QED) is 0.0732. The standard InChI is InChI=1S/C41H48O18/c1-5-56-38(52)28-23(18-9-13-20(43)14-10-18)29(39(53)57-6-2)34(48)26(33(28)47)25(37(51)32(46)22(45)17-42)27-35(49)30(40(54)58-7-3)24(19-11-15-21(44)16-12-19)31(36(27)50)41(55)59-8-4/h9-16,22-32,37,42-46,51H,5-8,17H2,1-4H3/t22-,23?,24?,25?,26?,27?,28-,29-,30-,31+,32-,37+/m1/s1. The van der Waals surface area contributed by atoms with Crippen LogP contribution in [-0.2, 0) is 57.3 Å². The van der Waals surface area contributed by atoms with E-state index in [0.717, 1.165) is 24.3 Å². The van der Waals surface area contributed by atoms with E-state index in [1.165, 1.54) is 52.0 Å². The first-order chi connectivity index (χ1) is 28.0. The molecule has 2 saturated carbocycles. The van der Waals surface area contributed by atoms with Crippen LogP contribution in [0.4, 0.5) is 0 Å². The van der Waals surface area contributed by atoms with Gasteiger partial charge in [-0.25, -0.2) is 0 Å². The summed E-state index contributed by atoms with van der Waals surface area (Å²) in [5.74, 6) is -31.1. The minimum Gasteiger partial charge on any atom is -0.508 e. The lowest BCUT2D eigenvalue weighted by Crippen LogP contribution is -2.63. The second-order valence-corrected chi connectivity index (χ2v) is 14.0. The van der Waals surface area contributed by atoms with Gasteiger partial charge >= 0.3 is 23.9 Å². The van der Waals surface area contributed by atoms with E-state index in [-0.39, 0.29) is 49.1 Å². The molecule has 59 heavy (non-hydrogen) atoms. The fraction of sp³-hybridized carbons (Fsp3) is 0.512. The number of Topliss-reactive ketones (excluding diaryl/α,β-unsaturated/α-hetero) is 4. The third kappa shape index (κ3) is 9.20. The topological polar surface area (TPSA) is 295 Å². The van der Waals surface area contributed by atoms with Crippen molar-refractivity contribution in [3.63, 3.8) is 0 Å². The van der Waals surface area contributed by atoms with Crippen molar-refractivity contribution < 1.29 is 87.9 Å². The number of carbonyl (C=O) groups is 8. The summed E-state index contributed by atoms with van der Waals surface area (Å²) >= 11 is 0. The van der Waals surface area contributed by atoms with Crippen molar-refractivity contribution in [3.8, 4) is 11.5 Å². The first-order valence-corrected chi connectivity index (χ1v) is 19.1. The summed E-state index contributed by atoms with van der Waals surface area (Å²) in [6.45, 7) is 2.98. The number of aliphatic hydroxyl groups excluding tert-OH is 4. The zero-order valence-corrected chi connectivity index (χ0v) is 32.7. The van der Waals surface area contributed by atoms with E-state index in [4.69, 9.17) is 18.9 Å². The van der Waals surface area contributed by atoms with Crippen LogP contribution >= 0.6 is 0 Å². The van der Waals surface area contributed by atoms with Gasteiger partial charge in [0.15, 0.2) is 23.1 Å². The predicted octanol–water partition coefficient (Wildman–Crippen LogP) is -0.0904. The van der Waals surface area contributed by atoms with Gasteiger partial charge in [-0.3, -0.25) is 38.4 Å². The second kappa shape index (κ2) is 19.9. The molecule has 0 heterocycles. The van der Waals surface area contributed by atoms with Gasteiger partial charge < -0.3 is 49.6 Å². The lowest BCUT2D eigenvalue weighted by atomic mass is 9.54. The lowest BCUT2D eigenvalue weighted by molar-refractivity contribution is -0.174. The maximum Gasteiger partial charge on any atom is 0.317 e. The highest BCUT2D eigenvalue weighted by Gasteiger charge is 2.66. The molecule has 6 N–H and O–H groups in total. The molecule has 2 fully saturated rings. The van der Waals surface area contributed by atoms with Crippen molar-refractivity contribution in [3.05, 3.63) is 59.7 Å². The smallest absolute Gasteiger partial charge is 0.317 e. The Morgan fingerprint density at radius 3 is 1.02 bits per heavy atom. The van der Waals surface area contributed by atoms with E-state index < -0.39 is 125 Å². The maximum absolute atomic E-state index is 15.0. The molecule has 0 aliphatic heterocycles. The van der Waals surface area contributed by atoms with E-state index in [0.29, 0.717) is 0 Å². The van der Waals surface area contributed by atoms with Crippen molar-refractivity contribution in [2.45, 2.75) is 57.8 Å². The molecule has 0 radical (unpaired) electrons. The largest absolute Gasteiger partial charge is 0.508 e. The third-order valence-electron chi connectivity index (χ3n) is 10.7. The average molecular weight is 829 g/mol. The first kappa shape index (κ1) is 46.1. The molecule has 4 rings (SSSR count). The van der Waals surface area contributed by atoms with E-state index in [9.17, 15) is 69.0 Å². The van der Waals surface area contributed by atoms with Gasteiger partial charge in [0.2, 0.25) is 0 Å². The normalized spacial score (nSPS) is 26.6. The van der Waals surface area contributed by atoms with Crippen molar-refractivity contribution in [2.24, 2.45) is 41.4 Å². The average Bonchev–Trinajstić information content (AvgIpc) is 3.19. The summed E-state index contributed by atoms with van der Waals surface area (Å²) in [4.78, 5) is 115. The van der Waals surface area contributed by atoms with Crippen LogP contribution in [0.25, 0.3) is 0 Å². The maximum atomic E-state index is 15.0. The molecule has 10 atom stereocenters. The predicted molar refractivity (Wildman–Crippen MR) is 198 cm³/mol. The number of aromatic hydroxyl groups is 2. The van der Waals surface area contributed by atoms with Crippen LogP contribution in [0.15, 0.2) is 48.5 Å². The van der Waals surface area contributed by atoms with Crippen LogP contribution in [0, 0.1) is 41.4 Å². The molecule has 2 aromatic carbocycles. The van der Waals surface area contributed by atoms with Crippen molar-refractivity contribution in [2.75, 3.05) is 33.0 Å². The Hall–Kier alpha value is -5.56. The van der Waals surface area contributed by atoms with E-state index in [1.807, 2.05) is 0 Å². The molecule has 0 saturated heterocycles. The van der Waals surface area contributed by atoms with E-state index >= 15 is 0 Å². The molecule has 2 aromatic rings.